The van der Waals surface area contributed by atoms with E-state index in [1.807, 2.05) is 38.1 Å². The van der Waals surface area contributed by atoms with Crippen molar-refractivity contribution in [3.8, 4) is 5.75 Å². The largest absolute Gasteiger partial charge is 0.495 e. The molecule has 1 aliphatic rings. The first-order valence-corrected chi connectivity index (χ1v) is 6.65. The van der Waals surface area contributed by atoms with E-state index in [-0.39, 0.29) is 0 Å². The zero-order valence-electron chi connectivity index (χ0n) is 11.0. The Bertz CT molecular complexity index is 528. The number of aliphatic carboxylic acids is 1. The van der Waals surface area contributed by atoms with Crippen LogP contribution in [-0.2, 0) is 4.79 Å². The van der Waals surface area contributed by atoms with E-state index in [1.165, 1.54) is 11.8 Å². The standard InChI is InChI=1S/C13H16N2O3S/c1-13(2)10(11(16)17)15-12(19-13)14-8-6-4-5-7-9(8)18-3/h4-7,10H,1-3H3,(H,14,15)(H,16,17)/t10-/m1/s1. The molecule has 5 nitrogen and oxygen atoms in total. The summed E-state index contributed by atoms with van der Waals surface area (Å²) in [5, 5.41) is 12.9. The molecule has 1 aromatic carbocycles. The lowest BCUT2D eigenvalue weighted by molar-refractivity contribution is -0.138. The maximum atomic E-state index is 11.2. The lowest BCUT2D eigenvalue weighted by Crippen LogP contribution is -2.34. The first kappa shape index (κ1) is 13.7. The molecule has 0 aromatic heterocycles. The predicted octanol–water partition coefficient (Wildman–Crippen LogP) is 2.44. The number of carbonyl (C=O) groups is 1. The molecule has 1 aromatic rings. The Hall–Kier alpha value is -1.69. The van der Waals surface area contributed by atoms with Gasteiger partial charge in [-0.15, -0.1) is 0 Å². The summed E-state index contributed by atoms with van der Waals surface area (Å²) in [7, 11) is 1.59. The van der Waals surface area contributed by atoms with Crippen LogP contribution in [0.2, 0.25) is 0 Å². The summed E-state index contributed by atoms with van der Waals surface area (Å²) in [6, 6.07) is 6.71. The van der Waals surface area contributed by atoms with Gasteiger partial charge in [0.1, 0.15) is 5.75 Å². The molecule has 0 bridgehead atoms. The van der Waals surface area contributed by atoms with Crippen LogP contribution in [0.25, 0.3) is 0 Å². The van der Waals surface area contributed by atoms with Crippen LogP contribution in [0.1, 0.15) is 13.8 Å². The van der Waals surface area contributed by atoms with Crippen molar-refractivity contribution >= 4 is 28.6 Å². The molecule has 102 valence electrons. The number of anilines is 1. The van der Waals surface area contributed by atoms with E-state index in [1.54, 1.807) is 7.11 Å². The van der Waals surface area contributed by atoms with Crippen LogP contribution < -0.4 is 10.1 Å². The summed E-state index contributed by atoms with van der Waals surface area (Å²) in [4.78, 5) is 15.4. The number of benzene rings is 1. The number of aliphatic imine (C=N–C) groups is 1. The van der Waals surface area contributed by atoms with Crippen molar-refractivity contribution < 1.29 is 14.6 Å². The molecule has 1 heterocycles. The predicted molar refractivity (Wildman–Crippen MR) is 77.1 cm³/mol. The number of nitrogens with one attached hydrogen (secondary N) is 1. The van der Waals surface area contributed by atoms with Crippen molar-refractivity contribution in [1.82, 2.24) is 0 Å². The van der Waals surface area contributed by atoms with Crippen molar-refractivity contribution in [2.75, 3.05) is 12.4 Å². The number of methoxy groups -OCH3 is 1. The molecule has 0 spiro atoms. The van der Waals surface area contributed by atoms with E-state index in [2.05, 4.69) is 10.3 Å². The van der Waals surface area contributed by atoms with Crippen molar-refractivity contribution in [3.63, 3.8) is 0 Å². The molecule has 2 N–H and O–H groups in total. The minimum Gasteiger partial charge on any atom is -0.495 e. The van der Waals surface area contributed by atoms with Crippen LogP contribution >= 0.6 is 11.8 Å². The molecule has 19 heavy (non-hydrogen) atoms. The maximum absolute atomic E-state index is 11.2. The molecule has 1 aliphatic heterocycles. The fraction of sp³-hybridized carbons (Fsp3) is 0.385. The zero-order valence-corrected chi connectivity index (χ0v) is 11.8. The van der Waals surface area contributed by atoms with Gasteiger partial charge in [0.05, 0.1) is 17.5 Å². The zero-order chi connectivity index (χ0) is 14.0. The Kier molecular flexibility index (Phi) is 3.71. The summed E-state index contributed by atoms with van der Waals surface area (Å²) in [5.74, 6) is -0.211. The number of ether oxygens (including phenoxy) is 1. The number of thioether (sulfide) groups is 1. The normalized spacial score (nSPS) is 20.8. The highest BCUT2D eigenvalue weighted by molar-refractivity contribution is 8.15. The average Bonchev–Trinajstić information content (AvgIpc) is 2.65. The SMILES string of the molecule is COc1ccccc1NC1=N[C@H](C(=O)O)C(C)(C)S1. The summed E-state index contributed by atoms with van der Waals surface area (Å²) in [6.45, 7) is 3.74. The number of carboxylic acid groups (broad SMARTS) is 1. The highest BCUT2D eigenvalue weighted by Gasteiger charge is 2.42. The Balaban J connectivity index is 2.21. The highest BCUT2D eigenvalue weighted by atomic mass is 32.2. The third-order valence-corrected chi connectivity index (χ3v) is 4.00. The van der Waals surface area contributed by atoms with E-state index >= 15 is 0 Å². The van der Waals surface area contributed by atoms with Crippen molar-refractivity contribution in [2.24, 2.45) is 4.99 Å². The number of para-hydroxylation sites is 2. The molecule has 0 fully saturated rings. The van der Waals surface area contributed by atoms with E-state index in [4.69, 9.17) is 9.84 Å². The molecule has 0 saturated heterocycles. The van der Waals surface area contributed by atoms with Gasteiger partial charge in [0.2, 0.25) is 0 Å². The number of hydrogen-bond donors (Lipinski definition) is 2. The van der Waals surface area contributed by atoms with Crippen LogP contribution in [0.3, 0.4) is 0 Å². The quantitative estimate of drug-likeness (QED) is 0.890. The van der Waals surface area contributed by atoms with Gasteiger partial charge in [-0.25, -0.2) is 9.79 Å². The molecule has 0 aliphatic carbocycles. The van der Waals surface area contributed by atoms with E-state index in [0.717, 1.165) is 5.69 Å². The molecule has 2 rings (SSSR count). The fourth-order valence-electron chi connectivity index (χ4n) is 1.88. The summed E-state index contributed by atoms with van der Waals surface area (Å²) in [5.41, 5.74) is 0.776. The van der Waals surface area contributed by atoms with Crippen LogP contribution in [0.4, 0.5) is 5.69 Å². The second kappa shape index (κ2) is 5.13. The Morgan fingerprint density at radius 2 is 2.16 bits per heavy atom. The van der Waals surface area contributed by atoms with Gasteiger partial charge in [-0.2, -0.15) is 0 Å². The fourth-order valence-corrected chi connectivity index (χ4v) is 2.96. The first-order valence-electron chi connectivity index (χ1n) is 5.83. The van der Waals surface area contributed by atoms with Crippen LogP contribution in [0.5, 0.6) is 5.75 Å². The highest BCUT2D eigenvalue weighted by Crippen LogP contribution is 2.38. The third kappa shape index (κ3) is 2.84. The van der Waals surface area contributed by atoms with Crippen molar-refractivity contribution in [1.29, 1.82) is 0 Å². The van der Waals surface area contributed by atoms with Gasteiger partial charge in [-0.1, -0.05) is 23.9 Å². The first-order chi connectivity index (χ1) is 8.94. The second-order valence-electron chi connectivity index (χ2n) is 4.71. The Morgan fingerprint density at radius 3 is 2.74 bits per heavy atom. The van der Waals surface area contributed by atoms with Gasteiger partial charge in [-0.05, 0) is 26.0 Å². The van der Waals surface area contributed by atoms with Gasteiger partial charge >= 0.3 is 5.97 Å². The second-order valence-corrected chi connectivity index (χ2v) is 6.35. The van der Waals surface area contributed by atoms with Gasteiger partial charge in [0, 0.05) is 0 Å². The lowest BCUT2D eigenvalue weighted by Gasteiger charge is -2.20. The molecule has 6 heteroatoms. The third-order valence-electron chi connectivity index (χ3n) is 2.85. The number of amidine groups is 1. The van der Waals surface area contributed by atoms with Crippen LogP contribution in [0, 0.1) is 0 Å². The topological polar surface area (TPSA) is 70.9 Å². The van der Waals surface area contributed by atoms with Gasteiger partial charge in [0.15, 0.2) is 11.2 Å². The molecule has 0 saturated carbocycles. The minimum absolute atomic E-state index is 0.462. The van der Waals surface area contributed by atoms with Crippen molar-refractivity contribution in [2.45, 2.75) is 24.6 Å². The molecular formula is C13H16N2O3S. The van der Waals surface area contributed by atoms with Crippen LogP contribution in [0.15, 0.2) is 29.3 Å². The summed E-state index contributed by atoms with van der Waals surface area (Å²) in [6.07, 6.45) is 0. The Morgan fingerprint density at radius 1 is 1.47 bits per heavy atom. The maximum Gasteiger partial charge on any atom is 0.329 e. The van der Waals surface area contributed by atoms with E-state index in [9.17, 15) is 4.79 Å². The monoisotopic (exact) mass is 280 g/mol. The molecule has 1 atom stereocenters. The molecule has 0 unspecified atom stereocenters. The number of hydrogen-bond acceptors (Lipinski definition) is 5. The molecular weight excluding hydrogens is 264 g/mol. The lowest BCUT2D eigenvalue weighted by atomic mass is 10.0. The average molecular weight is 280 g/mol. The smallest absolute Gasteiger partial charge is 0.329 e. The van der Waals surface area contributed by atoms with Crippen LogP contribution in [-0.4, -0.2) is 34.1 Å². The molecule has 0 radical (unpaired) electrons. The van der Waals surface area contributed by atoms with Crippen molar-refractivity contribution in [3.05, 3.63) is 24.3 Å². The summed E-state index contributed by atoms with van der Waals surface area (Å²) >= 11 is 1.42. The number of nitrogens with zero attached hydrogens (tertiary/aromatic N) is 1. The van der Waals surface area contributed by atoms with Gasteiger partial charge in [-0.3, -0.25) is 0 Å². The minimum atomic E-state index is -0.908. The van der Waals surface area contributed by atoms with E-state index < -0.39 is 16.8 Å². The van der Waals surface area contributed by atoms with E-state index in [0.29, 0.717) is 10.9 Å². The number of carboxylic acids is 1. The number of rotatable bonds is 3. The van der Waals surface area contributed by atoms with Gasteiger partial charge in [0.25, 0.3) is 0 Å². The summed E-state index contributed by atoms with van der Waals surface area (Å²) < 4.78 is 4.78. The Labute approximate surface area is 116 Å². The van der Waals surface area contributed by atoms with Gasteiger partial charge < -0.3 is 15.2 Å². The molecule has 0 amide bonds.